The molecule has 0 aromatic heterocycles. The quantitative estimate of drug-likeness (QED) is 0.436. The van der Waals surface area contributed by atoms with Crippen LogP contribution in [0.2, 0.25) is 0 Å². The fraction of sp³-hybridized carbons (Fsp3) is 1.00. The van der Waals surface area contributed by atoms with Crippen LogP contribution in [0.1, 0.15) is 6.42 Å². The van der Waals surface area contributed by atoms with Gasteiger partial charge in [-0.2, -0.15) is 0 Å². The molecule has 1 saturated heterocycles. The Labute approximate surface area is 48.8 Å². The predicted octanol–water partition coefficient (Wildman–Crippen LogP) is -1.58. The van der Waals surface area contributed by atoms with Gasteiger partial charge in [-0.15, -0.1) is 0 Å². The van der Waals surface area contributed by atoms with Crippen LogP contribution in [0.3, 0.4) is 0 Å². The molecule has 0 saturated carbocycles. The summed E-state index contributed by atoms with van der Waals surface area (Å²) >= 11 is 0. The van der Waals surface area contributed by atoms with Gasteiger partial charge in [0.1, 0.15) is 5.75 Å². The lowest BCUT2D eigenvalue weighted by atomic mass is 10.3. The van der Waals surface area contributed by atoms with Crippen molar-refractivity contribution in [1.82, 2.24) is 0 Å². The third-order valence-corrected chi connectivity index (χ3v) is 3.16. The zero-order valence-electron chi connectivity index (χ0n) is 4.63. The number of rotatable bonds is 0. The van der Waals surface area contributed by atoms with Gasteiger partial charge in [0.2, 0.25) is 0 Å². The van der Waals surface area contributed by atoms with Crippen LogP contribution in [0.5, 0.6) is 0 Å². The molecule has 0 aromatic rings. The highest BCUT2D eigenvalue weighted by atomic mass is 32.2. The fourth-order valence-corrected chi connectivity index (χ4v) is 2.62. The van der Waals surface area contributed by atoms with E-state index in [4.69, 9.17) is 0 Å². The summed E-state index contributed by atoms with van der Waals surface area (Å²) in [6.07, 6.45) is 0.752. The van der Waals surface area contributed by atoms with E-state index in [2.05, 4.69) is 5.73 Å². The first-order chi connectivity index (χ1) is 3.60. The number of sulfone groups is 1. The molecule has 1 aliphatic rings. The summed E-state index contributed by atoms with van der Waals surface area (Å²) in [5.41, 5.74) is 3.65. The Morgan fingerprint density at radius 1 is 1.50 bits per heavy atom. The third-order valence-electron chi connectivity index (χ3n) is 1.33. The van der Waals surface area contributed by atoms with Gasteiger partial charge in [-0.1, -0.05) is 0 Å². The first-order valence-electron chi connectivity index (χ1n) is 2.64. The van der Waals surface area contributed by atoms with Gasteiger partial charge in [-0.05, 0) is 0 Å². The highest BCUT2D eigenvalue weighted by Gasteiger charge is 2.27. The number of hydrogen-bond donors (Lipinski definition) is 1. The highest BCUT2D eigenvalue weighted by Crippen LogP contribution is 2.06. The maximum absolute atomic E-state index is 10.6. The summed E-state index contributed by atoms with van der Waals surface area (Å²) < 4.78 is 21.2. The lowest BCUT2D eigenvalue weighted by Gasteiger charge is -1.87. The molecule has 1 fully saturated rings. The van der Waals surface area contributed by atoms with E-state index >= 15 is 0 Å². The van der Waals surface area contributed by atoms with Crippen molar-refractivity contribution >= 4 is 9.84 Å². The summed E-state index contributed by atoms with van der Waals surface area (Å²) in [6.45, 7) is 0. The van der Waals surface area contributed by atoms with Crippen molar-refractivity contribution in [3.8, 4) is 0 Å². The molecule has 1 heterocycles. The first kappa shape index (κ1) is 6.04. The van der Waals surface area contributed by atoms with Crippen LogP contribution in [0.25, 0.3) is 0 Å². The van der Waals surface area contributed by atoms with E-state index in [9.17, 15) is 8.42 Å². The Morgan fingerprint density at radius 3 is 2.25 bits per heavy atom. The van der Waals surface area contributed by atoms with Crippen molar-refractivity contribution in [2.24, 2.45) is 0 Å². The topological polar surface area (TPSA) is 61.8 Å². The first-order valence-corrected chi connectivity index (χ1v) is 4.46. The Kier molecular flexibility index (Phi) is 1.28. The van der Waals surface area contributed by atoms with Crippen molar-refractivity contribution < 1.29 is 14.2 Å². The van der Waals surface area contributed by atoms with Crippen molar-refractivity contribution in [1.29, 1.82) is 0 Å². The second-order valence-corrected chi connectivity index (χ2v) is 4.50. The molecule has 0 spiro atoms. The van der Waals surface area contributed by atoms with Crippen molar-refractivity contribution in [3.05, 3.63) is 0 Å². The second kappa shape index (κ2) is 1.70. The molecule has 0 amide bonds. The van der Waals surface area contributed by atoms with Gasteiger partial charge in [0.15, 0.2) is 9.84 Å². The van der Waals surface area contributed by atoms with Crippen molar-refractivity contribution in [2.45, 2.75) is 12.5 Å². The Morgan fingerprint density at radius 2 is 2.12 bits per heavy atom. The van der Waals surface area contributed by atoms with E-state index in [0.717, 1.165) is 6.42 Å². The SMILES string of the molecule is [NH3+]C1CCS(=O)(=O)C1. The van der Waals surface area contributed by atoms with Gasteiger partial charge in [0, 0.05) is 6.42 Å². The maximum Gasteiger partial charge on any atom is 0.156 e. The van der Waals surface area contributed by atoms with E-state index < -0.39 is 9.84 Å². The predicted molar refractivity (Wildman–Crippen MR) is 29.9 cm³/mol. The average Bonchev–Trinajstić information content (AvgIpc) is 1.82. The van der Waals surface area contributed by atoms with Crippen molar-refractivity contribution in [3.63, 3.8) is 0 Å². The van der Waals surface area contributed by atoms with Gasteiger partial charge in [0.25, 0.3) is 0 Å². The van der Waals surface area contributed by atoms with E-state index in [-0.39, 0.29) is 6.04 Å². The van der Waals surface area contributed by atoms with Gasteiger partial charge >= 0.3 is 0 Å². The van der Waals surface area contributed by atoms with Gasteiger partial charge in [-0.25, -0.2) is 8.42 Å². The van der Waals surface area contributed by atoms with E-state index in [1.54, 1.807) is 0 Å². The third kappa shape index (κ3) is 1.20. The molecule has 0 aromatic carbocycles. The molecule has 1 aliphatic heterocycles. The molecular formula is C4H10NO2S+. The minimum absolute atomic E-state index is 0.153. The molecule has 0 aliphatic carbocycles. The average molecular weight is 136 g/mol. The summed E-state index contributed by atoms with van der Waals surface area (Å²) in [5, 5.41) is 0. The lowest BCUT2D eigenvalue weighted by molar-refractivity contribution is -0.410. The normalized spacial score (nSPS) is 35.4. The summed E-state index contributed by atoms with van der Waals surface area (Å²) in [5.74, 6) is 0.647. The molecule has 0 bridgehead atoms. The molecule has 4 heteroatoms. The second-order valence-electron chi connectivity index (χ2n) is 2.27. The molecule has 3 nitrogen and oxygen atoms in total. The Hall–Kier alpha value is -0.0900. The van der Waals surface area contributed by atoms with Gasteiger partial charge in [-0.3, -0.25) is 0 Å². The van der Waals surface area contributed by atoms with Crippen molar-refractivity contribution in [2.75, 3.05) is 11.5 Å². The van der Waals surface area contributed by atoms with Crippen LogP contribution in [-0.4, -0.2) is 26.0 Å². The van der Waals surface area contributed by atoms with Crippen LogP contribution in [0, 0.1) is 0 Å². The monoisotopic (exact) mass is 136 g/mol. The molecule has 1 rings (SSSR count). The van der Waals surface area contributed by atoms with Crippen LogP contribution in [-0.2, 0) is 9.84 Å². The lowest BCUT2D eigenvalue weighted by Crippen LogP contribution is -2.61. The molecule has 8 heavy (non-hydrogen) atoms. The standard InChI is InChI=1S/C4H9NO2S/c5-4-1-2-8(6,7)3-4/h4H,1-3,5H2/p+1. The number of hydrogen-bond acceptors (Lipinski definition) is 2. The maximum atomic E-state index is 10.6. The molecule has 1 unspecified atom stereocenters. The minimum Gasteiger partial charge on any atom is -0.354 e. The van der Waals surface area contributed by atoms with E-state index in [1.807, 2.05) is 0 Å². The minimum atomic E-state index is -2.66. The molecule has 0 radical (unpaired) electrons. The van der Waals surface area contributed by atoms with Gasteiger partial charge < -0.3 is 5.73 Å². The fourth-order valence-electron chi connectivity index (χ4n) is 0.872. The van der Waals surface area contributed by atoms with Crippen LogP contribution in [0.4, 0.5) is 0 Å². The largest absolute Gasteiger partial charge is 0.354 e. The zero-order valence-corrected chi connectivity index (χ0v) is 5.45. The smallest absolute Gasteiger partial charge is 0.156 e. The molecule has 3 N–H and O–H groups in total. The van der Waals surface area contributed by atoms with E-state index in [1.165, 1.54) is 0 Å². The molecular weight excluding hydrogens is 126 g/mol. The highest BCUT2D eigenvalue weighted by molar-refractivity contribution is 7.91. The zero-order chi connectivity index (χ0) is 6.20. The Balaban J connectivity index is 2.71. The molecule has 1 atom stereocenters. The summed E-state index contributed by atoms with van der Waals surface area (Å²) in [6, 6.07) is 0.153. The summed E-state index contributed by atoms with van der Waals surface area (Å²) in [4.78, 5) is 0. The van der Waals surface area contributed by atoms with Gasteiger partial charge in [0.05, 0.1) is 11.8 Å². The van der Waals surface area contributed by atoms with E-state index in [0.29, 0.717) is 11.5 Å². The Bertz CT molecular complexity index is 172. The summed E-state index contributed by atoms with van der Waals surface area (Å²) in [7, 11) is -2.66. The van der Waals surface area contributed by atoms with Crippen LogP contribution >= 0.6 is 0 Å². The van der Waals surface area contributed by atoms with Crippen LogP contribution in [0.15, 0.2) is 0 Å². The number of quaternary nitrogens is 1. The molecule has 48 valence electrons. The van der Waals surface area contributed by atoms with Crippen LogP contribution < -0.4 is 5.73 Å².